The van der Waals surface area contributed by atoms with Gasteiger partial charge in [0.15, 0.2) is 0 Å². The number of aryl methyl sites for hydroxylation is 3. The minimum absolute atomic E-state index is 0.501. The van der Waals surface area contributed by atoms with Crippen LogP contribution in [0.3, 0.4) is 0 Å². The molecule has 0 spiro atoms. The molecule has 0 amide bonds. The van der Waals surface area contributed by atoms with Gasteiger partial charge in [-0.1, -0.05) is 11.6 Å². The van der Waals surface area contributed by atoms with Crippen molar-refractivity contribution >= 4 is 28.6 Å². The van der Waals surface area contributed by atoms with Crippen molar-refractivity contribution in [3.8, 4) is 0 Å². The molecular weight excluding hydrogens is 262 g/mol. The van der Waals surface area contributed by atoms with Gasteiger partial charge in [-0.3, -0.25) is 4.68 Å². The molecule has 2 heterocycles. The van der Waals surface area contributed by atoms with Gasteiger partial charge in [-0.15, -0.1) is 0 Å². The second-order valence-corrected chi connectivity index (χ2v) is 4.97. The standard InChI is InChI=1S/C13H14ClN5/c1-9-7-16-18(8-9)4-5-19-12-3-2-10(14)6-11(12)17-13(19)15/h2-3,6-8H,4-5H2,1H3,(H2,15,17). The van der Waals surface area contributed by atoms with Crippen molar-refractivity contribution in [2.45, 2.75) is 20.0 Å². The molecule has 0 atom stereocenters. The van der Waals surface area contributed by atoms with Gasteiger partial charge in [0.25, 0.3) is 0 Å². The van der Waals surface area contributed by atoms with E-state index in [0.717, 1.165) is 29.7 Å². The molecule has 3 aromatic rings. The third kappa shape index (κ3) is 2.29. The molecule has 0 unspecified atom stereocenters. The minimum atomic E-state index is 0.501. The first-order valence-electron chi connectivity index (χ1n) is 6.04. The lowest BCUT2D eigenvalue weighted by atomic mass is 10.3. The molecule has 0 aliphatic rings. The number of nitrogen functional groups attached to an aromatic ring is 1. The monoisotopic (exact) mass is 275 g/mol. The molecule has 6 heteroatoms. The van der Waals surface area contributed by atoms with Crippen LogP contribution in [0, 0.1) is 6.92 Å². The van der Waals surface area contributed by atoms with E-state index in [1.54, 1.807) is 0 Å². The highest BCUT2D eigenvalue weighted by Gasteiger charge is 2.08. The van der Waals surface area contributed by atoms with Gasteiger partial charge in [0.2, 0.25) is 5.95 Å². The normalized spacial score (nSPS) is 11.3. The van der Waals surface area contributed by atoms with Crippen LogP contribution in [-0.4, -0.2) is 19.3 Å². The molecule has 2 N–H and O–H groups in total. The van der Waals surface area contributed by atoms with Crippen molar-refractivity contribution in [1.29, 1.82) is 0 Å². The number of nitrogens with two attached hydrogens (primary N) is 1. The maximum Gasteiger partial charge on any atom is 0.201 e. The number of fused-ring (bicyclic) bond motifs is 1. The number of aromatic nitrogens is 4. The van der Waals surface area contributed by atoms with Crippen LogP contribution in [0.4, 0.5) is 5.95 Å². The van der Waals surface area contributed by atoms with Crippen LogP contribution in [0.15, 0.2) is 30.6 Å². The molecule has 0 saturated heterocycles. The summed E-state index contributed by atoms with van der Waals surface area (Å²) < 4.78 is 3.87. The summed E-state index contributed by atoms with van der Waals surface area (Å²) in [5.41, 5.74) is 8.91. The van der Waals surface area contributed by atoms with Crippen LogP contribution >= 0.6 is 11.6 Å². The van der Waals surface area contributed by atoms with Crippen LogP contribution in [0.2, 0.25) is 5.02 Å². The largest absolute Gasteiger partial charge is 0.369 e. The molecule has 5 nitrogen and oxygen atoms in total. The highest BCUT2D eigenvalue weighted by Crippen LogP contribution is 2.21. The molecule has 0 aliphatic heterocycles. The number of hydrogen-bond donors (Lipinski definition) is 1. The number of nitrogens with zero attached hydrogens (tertiary/aromatic N) is 4. The summed E-state index contributed by atoms with van der Waals surface area (Å²) in [6.07, 6.45) is 3.85. The molecule has 0 bridgehead atoms. The van der Waals surface area contributed by atoms with E-state index in [1.165, 1.54) is 0 Å². The number of benzene rings is 1. The predicted octanol–water partition coefficient (Wildman–Crippen LogP) is 2.48. The Morgan fingerprint density at radius 1 is 1.32 bits per heavy atom. The maximum absolute atomic E-state index is 5.95. The summed E-state index contributed by atoms with van der Waals surface area (Å²) in [5.74, 6) is 0.501. The zero-order chi connectivity index (χ0) is 13.4. The van der Waals surface area contributed by atoms with E-state index in [-0.39, 0.29) is 0 Å². The van der Waals surface area contributed by atoms with E-state index in [9.17, 15) is 0 Å². The molecule has 0 fully saturated rings. The number of rotatable bonds is 3. The molecule has 0 aliphatic carbocycles. The van der Waals surface area contributed by atoms with Crippen LogP contribution in [0.25, 0.3) is 11.0 Å². The molecule has 2 aromatic heterocycles. The van der Waals surface area contributed by atoms with Gasteiger partial charge >= 0.3 is 0 Å². The zero-order valence-corrected chi connectivity index (χ0v) is 11.3. The zero-order valence-electron chi connectivity index (χ0n) is 10.5. The van der Waals surface area contributed by atoms with Crippen molar-refractivity contribution < 1.29 is 0 Å². The van der Waals surface area contributed by atoms with Crippen molar-refractivity contribution in [1.82, 2.24) is 19.3 Å². The van der Waals surface area contributed by atoms with Crippen LogP contribution in [0.5, 0.6) is 0 Å². The van der Waals surface area contributed by atoms with Gasteiger partial charge in [-0.05, 0) is 30.7 Å². The summed E-state index contributed by atoms with van der Waals surface area (Å²) >= 11 is 5.95. The second kappa shape index (κ2) is 4.59. The smallest absolute Gasteiger partial charge is 0.201 e. The summed E-state index contributed by atoms with van der Waals surface area (Å²) in [6, 6.07) is 5.61. The third-order valence-electron chi connectivity index (χ3n) is 3.05. The summed E-state index contributed by atoms with van der Waals surface area (Å²) in [7, 11) is 0. The predicted molar refractivity (Wildman–Crippen MR) is 76.1 cm³/mol. The van der Waals surface area contributed by atoms with Crippen LogP contribution in [0.1, 0.15) is 5.56 Å². The molecule has 0 radical (unpaired) electrons. The fourth-order valence-corrected chi connectivity index (χ4v) is 2.31. The maximum atomic E-state index is 5.95. The Kier molecular flexibility index (Phi) is 2.91. The molecular formula is C13H14ClN5. The quantitative estimate of drug-likeness (QED) is 0.799. The van der Waals surface area contributed by atoms with Gasteiger partial charge in [0, 0.05) is 17.8 Å². The highest BCUT2D eigenvalue weighted by atomic mass is 35.5. The van der Waals surface area contributed by atoms with E-state index in [0.29, 0.717) is 11.0 Å². The van der Waals surface area contributed by atoms with Gasteiger partial charge in [-0.25, -0.2) is 4.98 Å². The van der Waals surface area contributed by atoms with Crippen molar-refractivity contribution in [3.63, 3.8) is 0 Å². The van der Waals surface area contributed by atoms with E-state index >= 15 is 0 Å². The van der Waals surface area contributed by atoms with E-state index in [2.05, 4.69) is 10.1 Å². The lowest BCUT2D eigenvalue weighted by molar-refractivity contribution is 0.544. The lowest BCUT2D eigenvalue weighted by Crippen LogP contribution is -2.10. The number of imidazole rings is 1. The summed E-state index contributed by atoms with van der Waals surface area (Å²) in [5, 5.41) is 4.93. The van der Waals surface area contributed by atoms with Crippen molar-refractivity contribution in [3.05, 3.63) is 41.2 Å². The van der Waals surface area contributed by atoms with Crippen molar-refractivity contribution in [2.24, 2.45) is 0 Å². The fourth-order valence-electron chi connectivity index (χ4n) is 2.15. The Morgan fingerprint density at radius 3 is 2.89 bits per heavy atom. The number of halogens is 1. The SMILES string of the molecule is Cc1cnn(CCn2c(N)nc3cc(Cl)ccc32)c1. The molecule has 19 heavy (non-hydrogen) atoms. The minimum Gasteiger partial charge on any atom is -0.369 e. The fraction of sp³-hybridized carbons (Fsp3) is 0.231. The van der Waals surface area contributed by atoms with E-state index in [1.807, 2.05) is 46.8 Å². The van der Waals surface area contributed by atoms with Gasteiger partial charge in [0.05, 0.1) is 23.8 Å². The van der Waals surface area contributed by atoms with E-state index < -0.39 is 0 Å². The Labute approximate surface area is 115 Å². The molecule has 1 aromatic carbocycles. The molecule has 3 rings (SSSR count). The first kappa shape index (κ1) is 12.0. The topological polar surface area (TPSA) is 61.7 Å². The first-order chi connectivity index (χ1) is 9.13. The second-order valence-electron chi connectivity index (χ2n) is 4.54. The number of anilines is 1. The Hall–Kier alpha value is -2.01. The average molecular weight is 276 g/mol. The lowest BCUT2D eigenvalue weighted by Gasteiger charge is -2.06. The van der Waals surface area contributed by atoms with E-state index in [4.69, 9.17) is 17.3 Å². The Balaban J connectivity index is 1.90. The summed E-state index contributed by atoms with van der Waals surface area (Å²) in [6.45, 7) is 3.50. The van der Waals surface area contributed by atoms with Gasteiger partial charge in [-0.2, -0.15) is 5.10 Å². The Morgan fingerprint density at radius 2 is 2.16 bits per heavy atom. The molecule has 98 valence electrons. The van der Waals surface area contributed by atoms with Crippen molar-refractivity contribution in [2.75, 3.05) is 5.73 Å². The average Bonchev–Trinajstić information content (AvgIpc) is 2.89. The van der Waals surface area contributed by atoms with Crippen LogP contribution < -0.4 is 5.73 Å². The van der Waals surface area contributed by atoms with Crippen LogP contribution in [-0.2, 0) is 13.1 Å². The van der Waals surface area contributed by atoms with Gasteiger partial charge < -0.3 is 10.3 Å². The van der Waals surface area contributed by atoms with Gasteiger partial charge in [0.1, 0.15) is 0 Å². The first-order valence-corrected chi connectivity index (χ1v) is 6.41. The Bertz CT molecular complexity index is 728. The molecule has 0 saturated carbocycles. The number of hydrogen-bond acceptors (Lipinski definition) is 3. The summed E-state index contributed by atoms with van der Waals surface area (Å²) in [4.78, 5) is 4.32. The third-order valence-corrected chi connectivity index (χ3v) is 3.29. The highest BCUT2D eigenvalue weighted by molar-refractivity contribution is 6.31.